The van der Waals surface area contributed by atoms with Gasteiger partial charge in [-0.2, -0.15) is 0 Å². The first-order valence-corrected chi connectivity index (χ1v) is 12.4. The minimum atomic E-state index is -0.339. The summed E-state index contributed by atoms with van der Waals surface area (Å²) < 4.78 is 0. The molecule has 0 bridgehead atoms. The minimum Gasteiger partial charge on any atom is -0.354 e. The number of amides is 4. The summed E-state index contributed by atoms with van der Waals surface area (Å²) in [4.78, 5) is 53.2. The molecule has 7 nitrogen and oxygen atoms in total. The Morgan fingerprint density at radius 2 is 1.57 bits per heavy atom. The van der Waals surface area contributed by atoms with Crippen molar-refractivity contribution >= 4 is 46.9 Å². The van der Waals surface area contributed by atoms with Crippen molar-refractivity contribution in [1.29, 1.82) is 0 Å². The van der Waals surface area contributed by atoms with E-state index in [1.54, 1.807) is 23.1 Å². The van der Waals surface area contributed by atoms with E-state index < -0.39 is 0 Å². The van der Waals surface area contributed by atoms with Crippen molar-refractivity contribution in [3.63, 3.8) is 0 Å². The first-order chi connectivity index (χ1) is 17.0. The molecule has 0 saturated carbocycles. The van der Waals surface area contributed by atoms with Crippen LogP contribution in [-0.2, 0) is 14.4 Å². The van der Waals surface area contributed by atoms with Gasteiger partial charge in [-0.05, 0) is 47.9 Å². The quantitative estimate of drug-likeness (QED) is 0.598. The van der Waals surface area contributed by atoms with Gasteiger partial charge in [0, 0.05) is 38.2 Å². The van der Waals surface area contributed by atoms with Crippen molar-refractivity contribution in [3.8, 4) is 0 Å². The number of thioether (sulfide) groups is 1. The number of nitrogens with zero attached hydrogens (tertiary/aromatic N) is 2. The highest BCUT2D eigenvalue weighted by Gasteiger charge is 2.35. The molecule has 2 aromatic rings. The van der Waals surface area contributed by atoms with Gasteiger partial charge in [-0.3, -0.25) is 24.1 Å². The number of nitrogens with one attached hydrogen (secondary N) is 1. The van der Waals surface area contributed by atoms with Crippen molar-refractivity contribution in [2.45, 2.75) is 12.8 Å². The van der Waals surface area contributed by atoms with E-state index >= 15 is 0 Å². The molecular formula is C27H27N3O4S. The molecule has 2 saturated heterocycles. The first kappa shape index (κ1) is 24.5. The molecule has 2 aliphatic heterocycles. The molecule has 0 radical (unpaired) electrons. The van der Waals surface area contributed by atoms with Crippen molar-refractivity contribution in [2.75, 3.05) is 26.2 Å². The van der Waals surface area contributed by atoms with Crippen LogP contribution < -0.4 is 5.32 Å². The van der Waals surface area contributed by atoms with Crippen LogP contribution in [0.15, 0.2) is 71.6 Å². The standard InChI is InChI=1S/C27H27N3O4S/c31-24(12-11-20-7-3-1-4-8-20)29-16-13-22(14-17-29)25(32)28-15-18-30-26(33)23(35-27(30)34)19-21-9-5-2-6-10-21/h1-12,19,22H,13-18H2,(H,28,32)/b12-11+,23-19-. The first-order valence-electron chi connectivity index (χ1n) is 11.6. The molecule has 4 amide bonds. The molecule has 1 N–H and O–H groups in total. The van der Waals surface area contributed by atoms with Gasteiger partial charge in [-0.15, -0.1) is 0 Å². The van der Waals surface area contributed by atoms with E-state index in [-0.39, 0.29) is 42.0 Å². The van der Waals surface area contributed by atoms with Crippen LogP contribution in [0.1, 0.15) is 24.0 Å². The molecule has 8 heteroatoms. The number of carbonyl (C=O) groups excluding carboxylic acids is 4. The Morgan fingerprint density at radius 3 is 2.23 bits per heavy atom. The second-order valence-corrected chi connectivity index (χ2v) is 9.37. The largest absolute Gasteiger partial charge is 0.354 e. The number of likely N-dealkylation sites (tertiary alicyclic amines) is 1. The molecule has 0 unspecified atom stereocenters. The van der Waals surface area contributed by atoms with Gasteiger partial charge < -0.3 is 10.2 Å². The van der Waals surface area contributed by atoms with E-state index in [0.29, 0.717) is 30.8 Å². The number of carbonyl (C=O) groups is 4. The predicted molar refractivity (Wildman–Crippen MR) is 137 cm³/mol. The van der Waals surface area contributed by atoms with Gasteiger partial charge in [0.1, 0.15) is 0 Å². The Hall–Kier alpha value is -3.65. The Balaban J connectivity index is 1.20. The summed E-state index contributed by atoms with van der Waals surface area (Å²) in [6.07, 6.45) is 6.23. The molecule has 2 fully saturated rings. The Labute approximate surface area is 208 Å². The zero-order valence-corrected chi connectivity index (χ0v) is 20.1. The number of piperidine rings is 1. The fourth-order valence-corrected chi connectivity index (χ4v) is 4.89. The molecule has 0 atom stereocenters. The topological polar surface area (TPSA) is 86.8 Å². The monoisotopic (exact) mass is 489 g/mol. The molecule has 0 aliphatic carbocycles. The fraction of sp³-hybridized carbons (Fsp3) is 0.259. The maximum atomic E-state index is 12.6. The lowest BCUT2D eigenvalue weighted by atomic mass is 9.96. The predicted octanol–water partition coefficient (Wildman–Crippen LogP) is 3.79. The highest BCUT2D eigenvalue weighted by atomic mass is 32.2. The summed E-state index contributed by atoms with van der Waals surface area (Å²) >= 11 is 0.912. The summed E-state index contributed by atoms with van der Waals surface area (Å²) in [5.74, 6) is -0.696. The van der Waals surface area contributed by atoms with E-state index in [1.165, 1.54) is 4.90 Å². The molecule has 2 heterocycles. The van der Waals surface area contributed by atoms with Crippen molar-refractivity contribution < 1.29 is 19.2 Å². The average molecular weight is 490 g/mol. The van der Waals surface area contributed by atoms with Gasteiger partial charge in [-0.1, -0.05) is 60.7 Å². The van der Waals surface area contributed by atoms with Crippen LogP contribution in [0.4, 0.5) is 4.79 Å². The van der Waals surface area contributed by atoms with E-state index in [1.807, 2.05) is 60.7 Å². The van der Waals surface area contributed by atoms with Gasteiger partial charge in [0.25, 0.3) is 11.1 Å². The number of hydrogen-bond donors (Lipinski definition) is 1. The summed E-state index contributed by atoms with van der Waals surface area (Å²) in [6.45, 7) is 1.37. The van der Waals surface area contributed by atoms with E-state index in [9.17, 15) is 19.2 Å². The summed E-state index contributed by atoms with van der Waals surface area (Å²) in [5.41, 5.74) is 1.82. The molecule has 0 aromatic heterocycles. The van der Waals surface area contributed by atoms with Gasteiger partial charge in [-0.25, -0.2) is 0 Å². The molecule has 2 aliphatic rings. The zero-order chi connectivity index (χ0) is 24.6. The van der Waals surface area contributed by atoms with Crippen LogP contribution in [-0.4, -0.2) is 58.9 Å². The Morgan fingerprint density at radius 1 is 0.943 bits per heavy atom. The van der Waals surface area contributed by atoms with Crippen LogP contribution >= 0.6 is 11.8 Å². The summed E-state index contributed by atoms with van der Waals surface area (Å²) in [7, 11) is 0. The van der Waals surface area contributed by atoms with Crippen LogP contribution in [0.3, 0.4) is 0 Å². The molecule has 180 valence electrons. The summed E-state index contributed by atoms with van der Waals surface area (Å²) in [6, 6.07) is 19.0. The van der Waals surface area contributed by atoms with Gasteiger partial charge in [0.2, 0.25) is 11.8 Å². The van der Waals surface area contributed by atoms with Gasteiger partial charge in [0.05, 0.1) is 4.91 Å². The highest BCUT2D eigenvalue weighted by Crippen LogP contribution is 2.31. The lowest BCUT2D eigenvalue weighted by molar-refractivity contribution is -0.132. The van der Waals surface area contributed by atoms with Crippen molar-refractivity contribution in [2.24, 2.45) is 5.92 Å². The molecule has 35 heavy (non-hydrogen) atoms. The van der Waals surface area contributed by atoms with Crippen LogP contribution in [0.5, 0.6) is 0 Å². The summed E-state index contributed by atoms with van der Waals surface area (Å²) in [5, 5.41) is 2.51. The third-order valence-corrected chi connectivity index (χ3v) is 6.91. The molecule has 0 spiro atoms. The smallest absolute Gasteiger partial charge is 0.293 e. The number of imide groups is 1. The van der Waals surface area contributed by atoms with Crippen molar-refractivity contribution in [1.82, 2.24) is 15.1 Å². The van der Waals surface area contributed by atoms with Gasteiger partial charge in [0.15, 0.2) is 0 Å². The highest BCUT2D eigenvalue weighted by molar-refractivity contribution is 8.18. The van der Waals surface area contributed by atoms with Crippen molar-refractivity contribution in [3.05, 3.63) is 82.8 Å². The Kier molecular flexibility index (Phi) is 8.15. The third kappa shape index (κ3) is 6.48. The second-order valence-electron chi connectivity index (χ2n) is 8.38. The van der Waals surface area contributed by atoms with Gasteiger partial charge >= 0.3 is 0 Å². The van der Waals surface area contributed by atoms with Crippen LogP contribution in [0.25, 0.3) is 12.2 Å². The van der Waals surface area contributed by atoms with E-state index in [2.05, 4.69) is 5.32 Å². The zero-order valence-electron chi connectivity index (χ0n) is 19.3. The second kappa shape index (κ2) is 11.7. The molecule has 2 aromatic carbocycles. The lowest BCUT2D eigenvalue weighted by Crippen LogP contribution is -2.44. The number of benzene rings is 2. The normalized spacial score (nSPS) is 18.0. The maximum Gasteiger partial charge on any atom is 0.293 e. The van der Waals surface area contributed by atoms with E-state index in [4.69, 9.17) is 0 Å². The van der Waals surface area contributed by atoms with Crippen LogP contribution in [0.2, 0.25) is 0 Å². The number of rotatable bonds is 7. The molecule has 4 rings (SSSR count). The SMILES string of the molecule is O=C(NCCN1C(=O)S/C(=C\c2ccccc2)C1=O)C1CCN(C(=O)/C=C/c2ccccc2)CC1. The molecular weight excluding hydrogens is 462 g/mol. The maximum absolute atomic E-state index is 12.6. The van der Waals surface area contributed by atoms with E-state index in [0.717, 1.165) is 22.9 Å². The fourth-order valence-electron chi connectivity index (χ4n) is 4.03. The Bertz CT molecular complexity index is 1140. The number of hydrogen-bond acceptors (Lipinski definition) is 5. The lowest BCUT2D eigenvalue weighted by Gasteiger charge is -2.30. The average Bonchev–Trinajstić information content (AvgIpc) is 3.15. The third-order valence-electron chi connectivity index (χ3n) is 6.00. The van der Waals surface area contributed by atoms with Crippen LogP contribution in [0, 0.1) is 5.92 Å². The minimum absolute atomic E-state index is 0.0596.